The van der Waals surface area contributed by atoms with Crippen LogP contribution in [-0.4, -0.2) is 13.1 Å². The summed E-state index contributed by atoms with van der Waals surface area (Å²) in [5.41, 5.74) is 1.76. The van der Waals surface area contributed by atoms with Crippen molar-refractivity contribution < 1.29 is 4.39 Å². The van der Waals surface area contributed by atoms with Crippen molar-refractivity contribution in [3.05, 3.63) is 29.6 Å². The molecule has 0 spiro atoms. The number of halogens is 1. The van der Waals surface area contributed by atoms with Gasteiger partial charge in [-0.05, 0) is 43.9 Å². The predicted octanol–water partition coefficient (Wildman–Crippen LogP) is 4.15. The van der Waals surface area contributed by atoms with Crippen molar-refractivity contribution in [1.29, 1.82) is 0 Å². The first-order valence-corrected chi connectivity index (χ1v) is 6.28. The molecule has 90 valence electrons. The van der Waals surface area contributed by atoms with E-state index >= 15 is 0 Å². The monoisotopic (exact) mass is 223 g/mol. The van der Waals surface area contributed by atoms with Crippen molar-refractivity contribution in [3.63, 3.8) is 0 Å². The van der Waals surface area contributed by atoms with Gasteiger partial charge < -0.3 is 4.90 Å². The number of rotatable bonds is 1. The molecule has 1 aliphatic rings. The van der Waals surface area contributed by atoms with Crippen molar-refractivity contribution >= 4 is 5.69 Å². The summed E-state index contributed by atoms with van der Waals surface area (Å²) in [6.45, 7) is 7.92. The summed E-state index contributed by atoms with van der Waals surface area (Å²) in [4.78, 5) is 2.15. The highest BCUT2D eigenvalue weighted by Crippen LogP contribution is 2.23. The quantitative estimate of drug-likeness (QED) is 0.691. The van der Waals surface area contributed by atoms with E-state index in [-0.39, 0.29) is 5.82 Å². The number of nitrogens with zero attached hydrogens (tertiary/aromatic N) is 1. The summed E-state index contributed by atoms with van der Waals surface area (Å²) in [6.07, 6.45) is 3.66. The SMILES string of the molecule is CC.Cc1ccc(N2CCCCC2)c(F)c1. The molecule has 0 saturated carbocycles. The van der Waals surface area contributed by atoms with Crippen LogP contribution >= 0.6 is 0 Å². The lowest BCUT2D eigenvalue weighted by molar-refractivity contribution is 0.556. The van der Waals surface area contributed by atoms with Gasteiger partial charge in [0.25, 0.3) is 0 Å². The third-order valence-electron chi connectivity index (χ3n) is 2.80. The second-order valence-corrected chi connectivity index (χ2v) is 4.00. The van der Waals surface area contributed by atoms with Gasteiger partial charge in [-0.2, -0.15) is 0 Å². The topological polar surface area (TPSA) is 3.24 Å². The van der Waals surface area contributed by atoms with Gasteiger partial charge in [0.1, 0.15) is 5.82 Å². The minimum Gasteiger partial charge on any atom is -0.369 e. The number of benzene rings is 1. The molecule has 1 nitrogen and oxygen atoms in total. The van der Waals surface area contributed by atoms with Gasteiger partial charge in [0.05, 0.1) is 5.69 Å². The van der Waals surface area contributed by atoms with Gasteiger partial charge in [0.15, 0.2) is 0 Å². The number of aryl methyl sites for hydroxylation is 1. The standard InChI is InChI=1S/C12H16FN.C2H6/c1-10-5-6-12(11(13)9-10)14-7-3-2-4-8-14;1-2/h5-6,9H,2-4,7-8H2,1H3;1-2H3. The molecule has 1 saturated heterocycles. The van der Waals surface area contributed by atoms with Crippen LogP contribution in [0.4, 0.5) is 10.1 Å². The average Bonchev–Trinajstić information content (AvgIpc) is 2.33. The van der Waals surface area contributed by atoms with E-state index in [1.807, 2.05) is 32.9 Å². The lowest BCUT2D eigenvalue weighted by Crippen LogP contribution is -2.30. The Bertz CT molecular complexity index is 317. The average molecular weight is 223 g/mol. The van der Waals surface area contributed by atoms with Crippen molar-refractivity contribution in [2.75, 3.05) is 18.0 Å². The molecule has 0 N–H and O–H groups in total. The normalized spacial score (nSPS) is 15.4. The van der Waals surface area contributed by atoms with E-state index in [1.54, 1.807) is 6.07 Å². The van der Waals surface area contributed by atoms with E-state index in [0.717, 1.165) is 24.3 Å². The van der Waals surface area contributed by atoms with Gasteiger partial charge in [-0.1, -0.05) is 19.9 Å². The molecule has 0 unspecified atom stereocenters. The zero-order chi connectivity index (χ0) is 12.0. The van der Waals surface area contributed by atoms with Crippen LogP contribution in [0, 0.1) is 12.7 Å². The molecule has 0 amide bonds. The van der Waals surface area contributed by atoms with Crippen LogP contribution in [0.3, 0.4) is 0 Å². The van der Waals surface area contributed by atoms with Crippen molar-refractivity contribution in [1.82, 2.24) is 0 Å². The summed E-state index contributed by atoms with van der Waals surface area (Å²) in [6, 6.07) is 5.49. The smallest absolute Gasteiger partial charge is 0.146 e. The summed E-state index contributed by atoms with van der Waals surface area (Å²) in [5.74, 6) is -0.0769. The van der Waals surface area contributed by atoms with Crippen LogP contribution in [0.25, 0.3) is 0 Å². The van der Waals surface area contributed by atoms with Crippen molar-refractivity contribution in [2.24, 2.45) is 0 Å². The van der Waals surface area contributed by atoms with E-state index < -0.39 is 0 Å². The molecule has 1 heterocycles. The maximum Gasteiger partial charge on any atom is 0.146 e. The molecule has 1 aromatic rings. The highest BCUT2D eigenvalue weighted by molar-refractivity contribution is 5.49. The number of piperidine rings is 1. The molecule has 2 rings (SSSR count). The van der Waals surface area contributed by atoms with Gasteiger partial charge in [-0.3, -0.25) is 0 Å². The molecule has 1 fully saturated rings. The van der Waals surface area contributed by atoms with E-state index in [9.17, 15) is 4.39 Å². The van der Waals surface area contributed by atoms with Crippen LogP contribution in [0.5, 0.6) is 0 Å². The van der Waals surface area contributed by atoms with Crippen LogP contribution in [0.2, 0.25) is 0 Å². The Hall–Kier alpha value is -1.05. The predicted molar refractivity (Wildman–Crippen MR) is 68.5 cm³/mol. The van der Waals surface area contributed by atoms with Crippen LogP contribution in [0.15, 0.2) is 18.2 Å². The molecule has 0 atom stereocenters. The first-order valence-electron chi connectivity index (χ1n) is 6.28. The molecule has 1 aromatic carbocycles. The Morgan fingerprint density at radius 2 is 1.69 bits per heavy atom. The van der Waals surface area contributed by atoms with Crippen LogP contribution in [-0.2, 0) is 0 Å². The number of hydrogen-bond acceptors (Lipinski definition) is 1. The molecule has 0 aromatic heterocycles. The molecule has 1 aliphatic heterocycles. The lowest BCUT2D eigenvalue weighted by atomic mass is 10.1. The van der Waals surface area contributed by atoms with E-state index in [4.69, 9.17) is 0 Å². The minimum absolute atomic E-state index is 0.0769. The second kappa shape index (κ2) is 6.51. The molecule has 16 heavy (non-hydrogen) atoms. The fourth-order valence-corrected chi connectivity index (χ4v) is 2.00. The Morgan fingerprint density at radius 1 is 1.06 bits per heavy atom. The number of anilines is 1. The molecular weight excluding hydrogens is 201 g/mol. The second-order valence-electron chi connectivity index (χ2n) is 4.00. The van der Waals surface area contributed by atoms with Crippen LogP contribution < -0.4 is 4.90 Å². The summed E-state index contributed by atoms with van der Waals surface area (Å²) in [5, 5.41) is 0. The van der Waals surface area contributed by atoms with Gasteiger partial charge >= 0.3 is 0 Å². The maximum absolute atomic E-state index is 13.6. The fourth-order valence-electron chi connectivity index (χ4n) is 2.00. The molecule has 2 heteroatoms. The Balaban J connectivity index is 0.000000606. The summed E-state index contributed by atoms with van der Waals surface area (Å²) < 4.78 is 13.6. The Labute approximate surface area is 98.3 Å². The Kier molecular flexibility index (Phi) is 5.30. The third-order valence-corrected chi connectivity index (χ3v) is 2.80. The van der Waals surface area contributed by atoms with Gasteiger partial charge in [0, 0.05) is 13.1 Å². The zero-order valence-corrected chi connectivity index (χ0v) is 10.6. The Morgan fingerprint density at radius 3 is 2.25 bits per heavy atom. The molecular formula is C14H22FN. The lowest BCUT2D eigenvalue weighted by Gasteiger charge is -2.29. The van der Waals surface area contributed by atoms with Crippen molar-refractivity contribution in [3.8, 4) is 0 Å². The summed E-state index contributed by atoms with van der Waals surface area (Å²) in [7, 11) is 0. The van der Waals surface area contributed by atoms with E-state index in [0.29, 0.717) is 0 Å². The highest BCUT2D eigenvalue weighted by Gasteiger charge is 2.14. The van der Waals surface area contributed by atoms with Gasteiger partial charge in [0.2, 0.25) is 0 Å². The van der Waals surface area contributed by atoms with E-state index in [1.165, 1.54) is 19.3 Å². The first kappa shape index (κ1) is 13.0. The largest absolute Gasteiger partial charge is 0.369 e. The van der Waals surface area contributed by atoms with Crippen molar-refractivity contribution in [2.45, 2.75) is 40.0 Å². The number of hydrogen-bond donors (Lipinski definition) is 0. The maximum atomic E-state index is 13.6. The van der Waals surface area contributed by atoms with E-state index in [2.05, 4.69) is 4.90 Å². The fraction of sp³-hybridized carbons (Fsp3) is 0.571. The first-order chi connectivity index (χ1) is 7.77. The third kappa shape index (κ3) is 3.22. The molecule has 0 aliphatic carbocycles. The summed E-state index contributed by atoms with van der Waals surface area (Å²) >= 11 is 0. The zero-order valence-electron chi connectivity index (χ0n) is 10.6. The van der Waals surface area contributed by atoms with Crippen LogP contribution in [0.1, 0.15) is 38.7 Å². The van der Waals surface area contributed by atoms with Gasteiger partial charge in [-0.25, -0.2) is 4.39 Å². The minimum atomic E-state index is -0.0769. The molecule has 0 radical (unpaired) electrons. The highest BCUT2D eigenvalue weighted by atomic mass is 19.1. The van der Waals surface area contributed by atoms with Gasteiger partial charge in [-0.15, -0.1) is 0 Å². The molecule has 0 bridgehead atoms.